The third kappa shape index (κ3) is 4.82. The van der Waals surface area contributed by atoms with E-state index in [-0.39, 0.29) is 39.0 Å². The Hall–Kier alpha value is -4.02. The quantitative estimate of drug-likeness (QED) is 0.535. The number of nitrogens with one attached hydrogen (secondary N) is 1. The van der Waals surface area contributed by atoms with Gasteiger partial charge in [0.05, 0.1) is 22.6 Å². The lowest BCUT2D eigenvalue weighted by atomic mass is 9.97. The number of nitrogen functional groups attached to an aromatic ring is 1. The normalized spacial score (nSPS) is 10.8. The van der Waals surface area contributed by atoms with Gasteiger partial charge in [-0.3, -0.25) is 4.79 Å². The van der Waals surface area contributed by atoms with Crippen LogP contribution in [0.1, 0.15) is 16.7 Å². The van der Waals surface area contributed by atoms with E-state index in [1.165, 1.54) is 12.1 Å². The maximum atomic E-state index is 13.1. The summed E-state index contributed by atoms with van der Waals surface area (Å²) in [7, 11) is 0. The highest BCUT2D eigenvalue weighted by atomic mass is 32.2. The Morgan fingerprint density at radius 1 is 1.03 bits per heavy atom. The lowest BCUT2D eigenvalue weighted by molar-refractivity contribution is -0.137. The summed E-state index contributed by atoms with van der Waals surface area (Å²) < 4.78 is 39.4. The largest absolute Gasteiger partial charge is 0.418 e. The number of nitrogens with zero attached hydrogens (tertiary/aromatic N) is 3. The number of thioether (sulfide) groups is 1. The Kier molecular flexibility index (Phi) is 6.67. The summed E-state index contributed by atoms with van der Waals surface area (Å²) in [5, 5.41) is 21.6. The van der Waals surface area contributed by atoms with E-state index in [4.69, 9.17) is 5.73 Å². The van der Waals surface area contributed by atoms with Crippen LogP contribution in [-0.4, -0.2) is 16.6 Å². The van der Waals surface area contributed by atoms with E-state index < -0.39 is 17.6 Å². The zero-order valence-electron chi connectivity index (χ0n) is 16.3. The Labute approximate surface area is 185 Å². The van der Waals surface area contributed by atoms with Crippen LogP contribution in [0.25, 0.3) is 11.1 Å². The van der Waals surface area contributed by atoms with Crippen LogP contribution in [-0.2, 0) is 11.0 Å². The number of nitriles is 2. The Morgan fingerprint density at radius 3 is 2.28 bits per heavy atom. The average Bonchev–Trinajstić information content (AvgIpc) is 2.77. The summed E-state index contributed by atoms with van der Waals surface area (Å²) in [5.41, 5.74) is 5.50. The van der Waals surface area contributed by atoms with Crippen molar-refractivity contribution >= 4 is 29.2 Å². The van der Waals surface area contributed by atoms with Gasteiger partial charge in [0.25, 0.3) is 0 Å². The van der Waals surface area contributed by atoms with Crippen molar-refractivity contribution in [1.82, 2.24) is 4.98 Å². The monoisotopic (exact) mass is 453 g/mol. The first-order valence-electron chi connectivity index (χ1n) is 9.04. The van der Waals surface area contributed by atoms with Crippen molar-refractivity contribution in [2.45, 2.75) is 11.2 Å². The number of anilines is 2. The Morgan fingerprint density at radius 2 is 1.66 bits per heavy atom. The van der Waals surface area contributed by atoms with Gasteiger partial charge in [0.1, 0.15) is 28.5 Å². The molecule has 3 rings (SSSR count). The zero-order valence-corrected chi connectivity index (χ0v) is 17.1. The highest BCUT2D eigenvalue weighted by Gasteiger charge is 2.33. The molecule has 0 atom stereocenters. The molecule has 0 saturated heterocycles. The predicted octanol–water partition coefficient (Wildman–Crippen LogP) is 4.82. The van der Waals surface area contributed by atoms with Crippen LogP contribution in [0.5, 0.6) is 0 Å². The number of carbonyl (C=O) groups excluding carboxylic acids is 1. The Bertz CT molecular complexity index is 1250. The molecule has 0 saturated carbocycles. The van der Waals surface area contributed by atoms with Gasteiger partial charge in [-0.05, 0) is 17.7 Å². The average molecular weight is 453 g/mol. The number of para-hydroxylation sites is 1. The highest BCUT2D eigenvalue weighted by molar-refractivity contribution is 8.00. The van der Waals surface area contributed by atoms with Crippen LogP contribution in [0.3, 0.4) is 0 Å². The van der Waals surface area contributed by atoms with Gasteiger partial charge in [-0.1, -0.05) is 54.2 Å². The molecule has 160 valence electrons. The number of halogens is 3. The molecule has 3 N–H and O–H groups in total. The molecule has 10 heteroatoms. The summed E-state index contributed by atoms with van der Waals surface area (Å²) in [6, 6.07) is 17.2. The number of aromatic nitrogens is 1. The molecule has 0 aliphatic rings. The number of alkyl halides is 3. The van der Waals surface area contributed by atoms with E-state index in [0.29, 0.717) is 5.56 Å². The molecule has 1 amide bonds. The minimum absolute atomic E-state index is 0.0284. The summed E-state index contributed by atoms with van der Waals surface area (Å²) in [5.74, 6) is -1.16. The third-order valence-electron chi connectivity index (χ3n) is 4.32. The van der Waals surface area contributed by atoms with Crippen molar-refractivity contribution < 1.29 is 18.0 Å². The SMILES string of the molecule is N#Cc1c(N)nc(SCC(=O)Nc2ccccc2C(F)(F)F)c(C#N)c1-c1ccccc1. The fourth-order valence-corrected chi connectivity index (χ4v) is 3.75. The maximum Gasteiger partial charge on any atom is 0.418 e. The summed E-state index contributed by atoms with van der Waals surface area (Å²) in [6.45, 7) is 0. The van der Waals surface area contributed by atoms with Crippen LogP contribution in [0.15, 0.2) is 59.6 Å². The topological polar surface area (TPSA) is 116 Å². The van der Waals surface area contributed by atoms with Gasteiger partial charge >= 0.3 is 6.18 Å². The molecule has 0 unspecified atom stereocenters. The molecule has 3 aromatic rings. The molecule has 1 aromatic heterocycles. The van der Waals surface area contributed by atoms with Crippen LogP contribution in [0.4, 0.5) is 24.7 Å². The van der Waals surface area contributed by atoms with Crippen molar-refractivity contribution in [2.75, 3.05) is 16.8 Å². The minimum Gasteiger partial charge on any atom is -0.383 e. The van der Waals surface area contributed by atoms with E-state index in [2.05, 4.69) is 10.3 Å². The van der Waals surface area contributed by atoms with Crippen molar-refractivity contribution in [2.24, 2.45) is 0 Å². The molecular formula is C22H14F3N5OS. The van der Waals surface area contributed by atoms with Gasteiger partial charge in [-0.25, -0.2) is 4.98 Å². The van der Waals surface area contributed by atoms with Crippen molar-refractivity contribution in [3.05, 3.63) is 71.3 Å². The van der Waals surface area contributed by atoms with E-state index in [1.54, 1.807) is 30.3 Å². The number of pyridine rings is 1. The molecule has 32 heavy (non-hydrogen) atoms. The van der Waals surface area contributed by atoms with E-state index >= 15 is 0 Å². The van der Waals surface area contributed by atoms with Crippen LogP contribution >= 0.6 is 11.8 Å². The smallest absolute Gasteiger partial charge is 0.383 e. The minimum atomic E-state index is -4.63. The molecule has 0 aliphatic heterocycles. The summed E-state index contributed by atoms with van der Waals surface area (Å²) >= 11 is 0.838. The zero-order chi connectivity index (χ0) is 23.3. The number of hydrogen-bond acceptors (Lipinski definition) is 6. The Balaban J connectivity index is 1.90. The molecule has 6 nitrogen and oxygen atoms in total. The van der Waals surface area contributed by atoms with Gasteiger partial charge in [0, 0.05) is 5.56 Å². The first-order chi connectivity index (χ1) is 15.3. The molecule has 0 spiro atoms. The number of amides is 1. The standard InChI is InChI=1S/C22H14F3N5OS/c23-22(24,25)16-8-4-5-9-17(16)29-18(31)12-32-21-15(11-27)19(13-6-2-1-3-7-13)14(10-26)20(28)30-21/h1-9H,12H2,(H2,28,30)(H,29,31). The number of carbonyl (C=O) groups is 1. The molecular weight excluding hydrogens is 439 g/mol. The van der Waals surface area contributed by atoms with E-state index in [1.807, 2.05) is 12.1 Å². The lowest BCUT2D eigenvalue weighted by Gasteiger charge is -2.14. The van der Waals surface area contributed by atoms with Crippen molar-refractivity contribution in [1.29, 1.82) is 10.5 Å². The number of rotatable bonds is 5. The second-order valence-corrected chi connectivity index (χ2v) is 7.36. The molecule has 0 fully saturated rings. The second-order valence-electron chi connectivity index (χ2n) is 6.40. The van der Waals surface area contributed by atoms with Crippen LogP contribution in [0.2, 0.25) is 0 Å². The molecule has 1 heterocycles. The predicted molar refractivity (Wildman–Crippen MR) is 114 cm³/mol. The third-order valence-corrected chi connectivity index (χ3v) is 5.30. The first-order valence-corrected chi connectivity index (χ1v) is 10.0. The molecule has 0 radical (unpaired) electrons. The number of nitrogens with two attached hydrogens (primary N) is 1. The van der Waals surface area contributed by atoms with Gasteiger partial charge < -0.3 is 11.1 Å². The van der Waals surface area contributed by atoms with E-state index in [9.17, 15) is 28.5 Å². The maximum absolute atomic E-state index is 13.1. The van der Waals surface area contributed by atoms with E-state index in [0.717, 1.165) is 23.9 Å². The van der Waals surface area contributed by atoms with Crippen molar-refractivity contribution in [3.63, 3.8) is 0 Å². The molecule has 2 aromatic carbocycles. The van der Waals surface area contributed by atoms with Gasteiger partial charge in [0.15, 0.2) is 0 Å². The molecule has 0 bridgehead atoms. The van der Waals surface area contributed by atoms with Crippen LogP contribution < -0.4 is 11.1 Å². The van der Waals surface area contributed by atoms with Crippen molar-refractivity contribution in [3.8, 4) is 23.3 Å². The van der Waals surface area contributed by atoms with Gasteiger partial charge in [0.2, 0.25) is 5.91 Å². The summed E-state index contributed by atoms with van der Waals surface area (Å²) in [6.07, 6.45) is -4.63. The number of benzene rings is 2. The number of hydrogen-bond donors (Lipinski definition) is 2. The lowest BCUT2D eigenvalue weighted by Crippen LogP contribution is -2.18. The van der Waals surface area contributed by atoms with Gasteiger partial charge in [-0.15, -0.1) is 0 Å². The fourth-order valence-electron chi connectivity index (χ4n) is 2.96. The fraction of sp³-hybridized carbons (Fsp3) is 0.0909. The second kappa shape index (κ2) is 9.41. The van der Waals surface area contributed by atoms with Crippen LogP contribution in [0, 0.1) is 22.7 Å². The highest BCUT2D eigenvalue weighted by Crippen LogP contribution is 2.36. The first kappa shape index (κ1) is 22.7. The van der Waals surface area contributed by atoms with Gasteiger partial charge in [-0.2, -0.15) is 23.7 Å². The molecule has 0 aliphatic carbocycles. The summed E-state index contributed by atoms with van der Waals surface area (Å²) in [4.78, 5) is 16.4.